The van der Waals surface area contributed by atoms with Gasteiger partial charge in [0.15, 0.2) is 23.0 Å². The van der Waals surface area contributed by atoms with Crippen LogP contribution in [0.4, 0.5) is 0 Å². The summed E-state index contributed by atoms with van der Waals surface area (Å²) in [4.78, 5) is 0. The molecule has 0 saturated heterocycles. The van der Waals surface area contributed by atoms with Gasteiger partial charge in [0.25, 0.3) is 0 Å². The molecular weight excluding hydrogens is 330 g/mol. The molecule has 2 aromatic carbocycles. The third-order valence-corrected chi connectivity index (χ3v) is 4.14. The minimum atomic E-state index is 0. The second kappa shape index (κ2) is 7.20. The Labute approximate surface area is 147 Å². The van der Waals surface area contributed by atoms with Gasteiger partial charge in [0.2, 0.25) is 6.79 Å². The molecule has 1 atom stereocenters. The zero-order valence-electron chi connectivity index (χ0n) is 13.4. The summed E-state index contributed by atoms with van der Waals surface area (Å²) in [5.41, 5.74) is 2.27. The summed E-state index contributed by atoms with van der Waals surface area (Å²) in [5.74, 6) is 3.30. The van der Waals surface area contributed by atoms with Gasteiger partial charge in [-0.25, -0.2) is 0 Å². The first-order valence-electron chi connectivity index (χ1n) is 7.82. The van der Waals surface area contributed by atoms with Gasteiger partial charge >= 0.3 is 0 Å². The van der Waals surface area contributed by atoms with Gasteiger partial charge < -0.3 is 24.3 Å². The zero-order valence-corrected chi connectivity index (χ0v) is 14.2. The predicted molar refractivity (Wildman–Crippen MR) is 92.5 cm³/mol. The van der Waals surface area contributed by atoms with Crippen molar-refractivity contribution >= 4 is 12.4 Å². The molecule has 0 aliphatic carbocycles. The molecule has 0 saturated carbocycles. The summed E-state index contributed by atoms with van der Waals surface area (Å²) in [6.45, 7) is 4.35. The third kappa shape index (κ3) is 3.23. The molecule has 1 unspecified atom stereocenters. The van der Waals surface area contributed by atoms with Gasteiger partial charge in [0.05, 0.1) is 0 Å². The molecule has 24 heavy (non-hydrogen) atoms. The Morgan fingerprint density at radius 1 is 0.958 bits per heavy atom. The minimum Gasteiger partial charge on any atom is -0.486 e. The zero-order chi connectivity index (χ0) is 15.6. The van der Waals surface area contributed by atoms with Crippen molar-refractivity contribution in [1.29, 1.82) is 0 Å². The van der Waals surface area contributed by atoms with Crippen LogP contribution < -0.4 is 24.3 Å². The highest BCUT2D eigenvalue weighted by Crippen LogP contribution is 2.36. The molecule has 4 rings (SSSR count). The van der Waals surface area contributed by atoms with Crippen molar-refractivity contribution in [1.82, 2.24) is 5.32 Å². The molecule has 0 spiro atoms. The average molecular weight is 350 g/mol. The molecule has 0 aromatic heterocycles. The van der Waals surface area contributed by atoms with E-state index in [0.717, 1.165) is 28.6 Å². The number of para-hydroxylation sites is 1. The fourth-order valence-corrected chi connectivity index (χ4v) is 2.84. The van der Waals surface area contributed by atoms with E-state index in [2.05, 4.69) is 24.4 Å². The fourth-order valence-electron chi connectivity index (χ4n) is 2.84. The first-order valence-corrected chi connectivity index (χ1v) is 7.82. The SMILES string of the molecule is CC(NCc1cccc2c1OCO2)c1ccc2c(c1)OCCO2.Cl. The van der Waals surface area contributed by atoms with Gasteiger partial charge in [-0.3, -0.25) is 0 Å². The lowest BCUT2D eigenvalue weighted by atomic mass is 10.1. The Bertz CT molecular complexity index is 722. The molecule has 1 N–H and O–H groups in total. The summed E-state index contributed by atoms with van der Waals surface area (Å²) in [5, 5.41) is 3.52. The number of rotatable bonds is 4. The molecule has 2 heterocycles. The van der Waals surface area contributed by atoms with Gasteiger partial charge in [-0.1, -0.05) is 18.2 Å². The van der Waals surface area contributed by atoms with E-state index in [1.165, 1.54) is 5.56 Å². The molecule has 0 amide bonds. The monoisotopic (exact) mass is 349 g/mol. The van der Waals surface area contributed by atoms with E-state index in [0.29, 0.717) is 26.6 Å². The van der Waals surface area contributed by atoms with Crippen LogP contribution in [0.5, 0.6) is 23.0 Å². The summed E-state index contributed by atoms with van der Waals surface area (Å²) in [6, 6.07) is 12.2. The Morgan fingerprint density at radius 3 is 2.67 bits per heavy atom. The first kappa shape index (κ1) is 16.7. The molecule has 0 bridgehead atoms. The van der Waals surface area contributed by atoms with Crippen LogP contribution in [0.15, 0.2) is 36.4 Å². The Hall–Kier alpha value is -2.11. The van der Waals surface area contributed by atoms with Gasteiger partial charge in [-0.15, -0.1) is 12.4 Å². The number of hydrogen-bond donors (Lipinski definition) is 1. The molecule has 0 radical (unpaired) electrons. The summed E-state index contributed by atoms with van der Waals surface area (Å²) >= 11 is 0. The van der Waals surface area contributed by atoms with E-state index >= 15 is 0 Å². The molecular formula is C18H20ClNO4. The van der Waals surface area contributed by atoms with Crippen molar-refractivity contribution in [3.63, 3.8) is 0 Å². The molecule has 2 aliphatic rings. The minimum absolute atomic E-state index is 0. The average Bonchev–Trinajstić information content (AvgIpc) is 3.08. The number of ether oxygens (including phenoxy) is 4. The van der Waals surface area contributed by atoms with E-state index < -0.39 is 0 Å². The summed E-state index contributed by atoms with van der Waals surface area (Å²) < 4.78 is 22.2. The van der Waals surface area contributed by atoms with E-state index in [4.69, 9.17) is 18.9 Å². The van der Waals surface area contributed by atoms with Crippen LogP contribution in [0.25, 0.3) is 0 Å². The number of halogens is 1. The van der Waals surface area contributed by atoms with Crippen LogP contribution in [0.3, 0.4) is 0 Å². The van der Waals surface area contributed by atoms with Crippen molar-refractivity contribution < 1.29 is 18.9 Å². The lowest BCUT2D eigenvalue weighted by Gasteiger charge is -2.21. The first-order chi connectivity index (χ1) is 11.3. The topological polar surface area (TPSA) is 49.0 Å². The summed E-state index contributed by atoms with van der Waals surface area (Å²) in [6.07, 6.45) is 0. The van der Waals surface area contributed by atoms with E-state index in [1.807, 2.05) is 24.3 Å². The maximum atomic E-state index is 5.65. The van der Waals surface area contributed by atoms with Crippen LogP contribution in [0.2, 0.25) is 0 Å². The smallest absolute Gasteiger partial charge is 0.231 e. The maximum absolute atomic E-state index is 5.65. The van der Waals surface area contributed by atoms with Crippen molar-refractivity contribution in [2.45, 2.75) is 19.5 Å². The highest BCUT2D eigenvalue weighted by Gasteiger charge is 2.18. The van der Waals surface area contributed by atoms with Crippen molar-refractivity contribution in [2.75, 3.05) is 20.0 Å². The fraction of sp³-hybridized carbons (Fsp3) is 0.333. The van der Waals surface area contributed by atoms with Gasteiger partial charge in [-0.05, 0) is 30.7 Å². The normalized spacial score (nSPS) is 15.5. The Kier molecular flexibility index (Phi) is 5.02. The van der Waals surface area contributed by atoms with Crippen molar-refractivity contribution in [3.05, 3.63) is 47.5 Å². The highest BCUT2D eigenvalue weighted by atomic mass is 35.5. The molecule has 2 aromatic rings. The lowest BCUT2D eigenvalue weighted by molar-refractivity contribution is 0.171. The third-order valence-electron chi connectivity index (χ3n) is 4.14. The number of hydrogen-bond acceptors (Lipinski definition) is 5. The quantitative estimate of drug-likeness (QED) is 0.916. The molecule has 6 heteroatoms. The molecule has 0 fully saturated rings. The van der Waals surface area contributed by atoms with Crippen LogP contribution in [-0.2, 0) is 6.54 Å². The Balaban J connectivity index is 0.00000169. The Morgan fingerprint density at radius 2 is 1.79 bits per heavy atom. The second-order valence-corrected chi connectivity index (χ2v) is 5.66. The van der Waals surface area contributed by atoms with Gasteiger partial charge in [0, 0.05) is 18.2 Å². The maximum Gasteiger partial charge on any atom is 0.231 e. The van der Waals surface area contributed by atoms with Crippen LogP contribution >= 0.6 is 12.4 Å². The van der Waals surface area contributed by atoms with Crippen molar-refractivity contribution in [3.8, 4) is 23.0 Å². The van der Waals surface area contributed by atoms with Crippen molar-refractivity contribution in [2.24, 2.45) is 0 Å². The number of benzene rings is 2. The number of nitrogens with one attached hydrogen (secondary N) is 1. The van der Waals surface area contributed by atoms with Crippen LogP contribution in [0.1, 0.15) is 24.1 Å². The molecule has 5 nitrogen and oxygen atoms in total. The predicted octanol–water partition coefficient (Wildman–Crippen LogP) is 3.46. The van der Waals surface area contributed by atoms with E-state index in [9.17, 15) is 0 Å². The highest BCUT2D eigenvalue weighted by molar-refractivity contribution is 5.85. The lowest BCUT2D eigenvalue weighted by Crippen LogP contribution is -2.19. The second-order valence-electron chi connectivity index (χ2n) is 5.66. The largest absolute Gasteiger partial charge is 0.486 e. The molecule has 2 aliphatic heterocycles. The molecule has 128 valence electrons. The van der Waals surface area contributed by atoms with Crippen LogP contribution in [-0.4, -0.2) is 20.0 Å². The summed E-state index contributed by atoms with van der Waals surface area (Å²) in [7, 11) is 0. The van der Waals surface area contributed by atoms with Crippen LogP contribution in [0, 0.1) is 0 Å². The van der Waals surface area contributed by atoms with Gasteiger partial charge in [-0.2, -0.15) is 0 Å². The standard InChI is InChI=1S/C18H19NO4.ClH/c1-12(13-5-6-15-17(9-13)21-8-7-20-15)19-10-14-3-2-4-16-18(14)23-11-22-16;/h2-6,9,12,19H,7-8,10-11H2,1H3;1H. The van der Waals surface area contributed by atoms with E-state index in [-0.39, 0.29) is 18.4 Å². The van der Waals surface area contributed by atoms with Gasteiger partial charge in [0.1, 0.15) is 13.2 Å². The van der Waals surface area contributed by atoms with E-state index in [1.54, 1.807) is 0 Å². The number of fused-ring (bicyclic) bond motifs is 2.